The lowest BCUT2D eigenvalue weighted by molar-refractivity contribution is -0.128. The number of hydrogen-bond donors (Lipinski definition) is 1. The van der Waals surface area contributed by atoms with Crippen molar-refractivity contribution in [3.8, 4) is 0 Å². The molecule has 1 amide bonds. The Morgan fingerprint density at radius 2 is 2.00 bits per heavy atom. The number of carbonyl (C=O) groups excluding carboxylic acids is 1. The normalized spacial score (nSPS) is 33.2. The summed E-state index contributed by atoms with van der Waals surface area (Å²) < 4.78 is 0. The Kier molecular flexibility index (Phi) is 2.21. The molecule has 3 rings (SSSR count). The van der Waals surface area contributed by atoms with Crippen molar-refractivity contribution < 1.29 is 4.79 Å². The number of amides is 1. The van der Waals surface area contributed by atoms with E-state index in [0.29, 0.717) is 18.5 Å². The first-order chi connectivity index (χ1) is 7.77. The van der Waals surface area contributed by atoms with Gasteiger partial charge in [-0.2, -0.15) is 0 Å². The molecule has 1 aliphatic heterocycles. The number of hydrogen-bond acceptors (Lipinski definition) is 2. The predicted molar refractivity (Wildman–Crippen MR) is 61.6 cm³/mol. The zero-order chi connectivity index (χ0) is 11.1. The van der Waals surface area contributed by atoms with Crippen molar-refractivity contribution in [3.63, 3.8) is 0 Å². The summed E-state index contributed by atoms with van der Waals surface area (Å²) in [6.07, 6.45) is 1.24. The van der Waals surface area contributed by atoms with Gasteiger partial charge in [0.15, 0.2) is 0 Å². The number of nitrogens with zero attached hydrogens (tertiary/aromatic N) is 1. The topological polar surface area (TPSA) is 32.3 Å². The standard InChI is InChI=1S/C13H16N2O/c1-9-7-11(9)15-12(16)8-14-13(15)10-5-3-2-4-6-10/h2-6,9,11,13-14H,7-8H2,1H3. The molecule has 0 aromatic heterocycles. The summed E-state index contributed by atoms with van der Waals surface area (Å²) in [5.74, 6) is 0.901. The maximum Gasteiger partial charge on any atom is 0.238 e. The van der Waals surface area contributed by atoms with Gasteiger partial charge in [-0.05, 0) is 17.9 Å². The molecule has 3 unspecified atom stereocenters. The van der Waals surface area contributed by atoms with Crippen molar-refractivity contribution in [3.05, 3.63) is 35.9 Å². The summed E-state index contributed by atoms with van der Waals surface area (Å²) >= 11 is 0. The smallest absolute Gasteiger partial charge is 0.238 e. The van der Waals surface area contributed by atoms with E-state index < -0.39 is 0 Å². The van der Waals surface area contributed by atoms with Gasteiger partial charge in [0, 0.05) is 6.04 Å². The van der Waals surface area contributed by atoms with Crippen LogP contribution in [0.2, 0.25) is 0 Å². The Balaban J connectivity index is 1.87. The van der Waals surface area contributed by atoms with Crippen LogP contribution in [-0.4, -0.2) is 23.4 Å². The van der Waals surface area contributed by atoms with Crippen LogP contribution in [0.15, 0.2) is 30.3 Å². The molecule has 2 fully saturated rings. The van der Waals surface area contributed by atoms with Crippen LogP contribution in [0.1, 0.15) is 25.1 Å². The van der Waals surface area contributed by atoms with E-state index in [1.807, 2.05) is 23.1 Å². The summed E-state index contributed by atoms with van der Waals surface area (Å²) in [5.41, 5.74) is 1.19. The SMILES string of the molecule is CC1CC1N1C(=O)CNC1c1ccccc1. The van der Waals surface area contributed by atoms with E-state index in [1.54, 1.807) is 0 Å². The van der Waals surface area contributed by atoms with Crippen molar-refractivity contribution in [2.45, 2.75) is 25.6 Å². The third-order valence-corrected chi connectivity index (χ3v) is 3.55. The lowest BCUT2D eigenvalue weighted by Crippen LogP contribution is -2.33. The third kappa shape index (κ3) is 1.52. The molecule has 3 nitrogen and oxygen atoms in total. The Morgan fingerprint density at radius 3 is 2.62 bits per heavy atom. The van der Waals surface area contributed by atoms with Gasteiger partial charge in [0.1, 0.15) is 6.17 Å². The van der Waals surface area contributed by atoms with Crippen LogP contribution in [0.3, 0.4) is 0 Å². The molecule has 1 aliphatic carbocycles. The zero-order valence-corrected chi connectivity index (χ0v) is 9.39. The molecule has 1 aromatic rings. The van der Waals surface area contributed by atoms with E-state index in [9.17, 15) is 4.79 Å². The molecule has 1 aromatic carbocycles. The highest BCUT2D eigenvalue weighted by Gasteiger charge is 2.46. The van der Waals surface area contributed by atoms with Gasteiger partial charge >= 0.3 is 0 Å². The van der Waals surface area contributed by atoms with Crippen molar-refractivity contribution in [1.29, 1.82) is 0 Å². The molecule has 1 saturated carbocycles. The van der Waals surface area contributed by atoms with Crippen LogP contribution >= 0.6 is 0 Å². The lowest BCUT2D eigenvalue weighted by atomic mass is 10.1. The highest BCUT2D eigenvalue weighted by atomic mass is 16.2. The van der Waals surface area contributed by atoms with Gasteiger partial charge in [-0.15, -0.1) is 0 Å². The average molecular weight is 216 g/mol. The van der Waals surface area contributed by atoms with Crippen molar-refractivity contribution in [2.24, 2.45) is 5.92 Å². The first kappa shape index (κ1) is 9.85. The predicted octanol–water partition coefficient (Wildman–Crippen LogP) is 1.53. The summed E-state index contributed by atoms with van der Waals surface area (Å²) in [5, 5.41) is 3.29. The Morgan fingerprint density at radius 1 is 1.31 bits per heavy atom. The highest BCUT2D eigenvalue weighted by Crippen LogP contribution is 2.40. The van der Waals surface area contributed by atoms with Crippen molar-refractivity contribution >= 4 is 5.91 Å². The lowest BCUT2D eigenvalue weighted by Gasteiger charge is -2.24. The van der Waals surface area contributed by atoms with Gasteiger partial charge in [0.05, 0.1) is 6.54 Å². The fourth-order valence-corrected chi connectivity index (χ4v) is 2.50. The van der Waals surface area contributed by atoms with E-state index in [2.05, 4.69) is 24.4 Å². The molecular formula is C13H16N2O. The molecule has 0 spiro atoms. The van der Waals surface area contributed by atoms with Crippen LogP contribution in [0, 0.1) is 5.92 Å². The third-order valence-electron chi connectivity index (χ3n) is 3.55. The maximum atomic E-state index is 11.8. The molecule has 84 valence electrons. The van der Waals surface area contributed by atoms with Gasteiger partial charge < -0.3 is 4.90 Å². The minimum Gasteiger partial charge on any atom is -0.319 e. The first-order valence-corrected chi connectivity index (χ1v) is 5.87. The molecule has 0 radical (unpaired) electrons. The van der Waals surface area contributed by atoms with E-state index in [-0.39, 0.29) is 12.1 Å². The van der Waals surface area contributed by atoms with Crippen molar-refractivity contribution in [2.75, 3.05) is 6.54 Å². The van der Waals surface area contributed by atoms with Gasteiger partial charge in [-0.1, -0.05) is 37.3 Å². The Bertz CT molecular complexity index is 404. The number of carbonyl (C=O) groups is 1. The summed E-state index contributed by atoms with van der Waals surface area (Å²) in [4.78, 5) is 13.9. The van der Waals surface area contributed by atoms with Crippen LogP contribution in [0.25, 0.3) is 0 Å². The van der Waals surface area contributed by atoms with E-state index >= 15 is 0 Å². The van der Waals surface area contributed by atoms with Crippen LogP contribution in [-0.2, 0) is 4.79 Å². The largest absolute Gasteiger partial charge is 0.319 e. The summed E-state index contributed by atoms with van der Waals surface area (Å²) in [6, 6.07) is 10.7. The van der Waals surface area contributed by atoms with E-state index in [0.717, 1.165) is 6.42 Å². The number of benzene rings is 1. The number of nitrogens with one attached hydrogen (secondary N) is 1. The molecular weight excluding hydrogens is 200 g/mol. The molecule has 2 aliphatic rings. The van der Waals surface area contributed by atoms with Crippen LogP contribution in [0.5, 0.6) is 0 Å². The fraction of sp³-hybridized carbons (Fsp3) is 0.462. The van der Waals surface area contributed by atoms with Gasteiger partial charge in [-0.25, -0.2) is 0 Å². The quantitative estimate of drug-likeness (QED) is 0.813. The van der Waals surface area contributed by atoms with Gasteiger partial charge in [-0.3, -0.25) is 10.1 Å². The minimum atomic E-state index is 0.0867. The van der Waals surface area contributed by atoms with Gasteiger partial charge in [0.2, 0.25) is 5.91 Å². The second kappa shape index (κ2) is 3.59. The second-order valence-electron chi connectivity index (χ2n) is 4.78. The fourth-order valence-electron chi connectivity index (χ4n) is 2.50. The molecule has 3 atom stereocenters. The molecule has 16 heavy (non-hydrogen) atoms. The highest BCUT2D eigenvalue weighted by molar-refractivity contribution is 5.81. The zero-order valence-electron chi connectivity index (χ0n) is 9.39. The van der Waals surface area contributed by atoms with Crippen molar-refractivity contribution in [1.82, 2.24) is 10.2 Å². The first-order valence-electron chi connectivity index (χ1n) is 5.87. The Hall–Kier alpha value is -1.35. The van der Waals surface area contributed by atoms with Gasteiger partial charge in [0.25, 0.3) is 0 Å². The van der Waals surface area contributed by atoms with Crippen LogP contribution < -0.4 is 5.32 Å². The number of rotatable bonds is 2. The average Bonchev–Trinajstić information content (AvgIpc) is 2.88. The summed E-state index contributed by atoms with van der Waals surface area (Å²) in [7, 11) is 0. The molecule has 1 heterocycles. The monoisotopic (exact) mass is 216 g/mol. The second-order valence-corrected chi connectivity index (χ2v) is 4.78. The Labute approximate surface area is 95.4 Å². The molecule has 3 heteroatoms. The molecule has 1 saturated heterocycles. The van der Waals surface area contributed by atoms with E-state index in [1.165, 1.54) is 5.56 Å². The molecule has 0 bridgehead atoms. The summed E-state index contributed by atoms with van der Waals surface area (Å²) in [6.45, 7) is 2.68. The van der Waals surface area contributed by atoms with E-state index in [4.69, 9.17) is 0 Å². The molecule has 1 N–H and O–H groups in total. The minimum absolute atomic E-state index is 0.0867. The van der Waals surface area contributed by atoms with Crippen LogP contribution in [0.4, 0.5) is 0 Å². The maximum absolute atomic E-state index is 11.8.